The van der Waals surface area contributed by atoms with E-state index in [0.717, 1.165) is 30.3 Å². The van der Waals surface area contributed by atoms with Crippen LogP contribution in [0.4, 0.5) is 11.4 Å². The average Bonchev–Trinajstić information content (AvgIpc) is 2.80. The van der Waals surface area contributed by atoms with E-state index in [4.69, 9.17) is 10.2 Å². The molecule has 0 radical (unpaired) electrons. The normalized spacial score (nSPS) is 10.4. The van der Waals surface area contributed by atoms with Crippen molar-refractivity contribution >= 4 is 41.1 Å². The minimum absolute atomic E-state index is 0.258. The molecule has 14 nitrogen and oxygen atoms in total. The maximum absolute atomic E-state index is 12.7. The number of hydrogen-bond acceptors (Lipinski definition) is 9. The molecule has 190 valence electrons. The van der Waals surface area contributed by atoms with Crippen molar-refractivity contribution in [3.8, 4) is 23.0 Å². The molecule has 9 N–H and O–H groups in total. The lowest BCUT2D eigenvalue weighted by Crippen LogP contribution is -2.16. The number of nitrogens with one attached hydrogen (secondary N) is 2. The van der Waals surface area contributed by atoms with Gasteiger partial charge in [-0.15, -0.1) is 0 Å². The van der Waals surface area contributed by atoms with E-state index in [0.29, 0.717) is 12.1 Å². The number of carbonyl (C=O) groups excluding carboxylic acids is 2. The highest BCUT2D eigenvalue weighted by molar-refractivity contribution is 6.11. The molecule has 0 fully saturated rings. The Kier molecular flexibility index (Phi) is 6.86. The van der Waals surface area contributed by atoms with Crippen LogP contribution < -0.4 is 10.6 Å². The number of anilines is 2. The molecule has 2 amide bonds. The van der Waals surface area contributed by atoms with Crippen molar-refractivity contribution in [2.24, 2.45) is 0 Å². The summed E-state index contributed by atoms with van der Waals surface area (Å²) in [5, 5.41) is 71.6. The SMILES string of the molecule is O=C(O)c1cc(NC(=O)c2cc(O)cc(C(=O)O)c2O)cc(NC(=O)c2cc(O)cc(C(=O)O)c2O)c1. The van der Waals surface area contributed by atoms with Gasteiger partial charge in [0.1, 0.15) is 34.1 Å². The van der Waals surface area contributed by atoms with Gasteiger partial charge in [0.15, 0.2) is 0 Å². The molecule has 0 aromatic heterocycles. The molecule has 0 aliphatic rings. The van der Waals surface area contributed by atoms with Gasteiger partial charge in [-0.2, -0.15) is 0 Å². The van der Waals surface area contributed by atoms with Crippen molar-refractivity contribution in [1.82, 2.24) is 0 Å². The molecule has 37 heavy (non-hydrogen) atoms. The third-order valence-corrected chi connectivity index (χ3v) is 4.84. The van der Waals surface area contributed by atoms with Gasteiger partial charge >= 0.3 is 17.9 Å². The van der Waals surface area contributed by atoms with Gasteiger partial charge in [0.05, 0.1) is 16.7 Å². The molecule has 3 aromatic carbocycles. The molecule has 3 aromatic rings. The highest BCUT2D eigenvalue weighted by Gasteiger charge is 2.23. The zero-order valence-electron chi connectivity index (χ0n) is 18.2. The number of aromatic carboxylic acids is 3. The van der Waals surface area contributed by atoms with E-state index in [1.54, 1.807) is 0 Å². The van der Waals surface area contributed by atoms with Gasteiger partial charge in [-0.05, 0) is 42.5 Å². The van der Waals surface area contributed by atoms with Crippen molar-refractivity contribution in [1.29, 1.82) is 0 Å². The summed E-state index contributed by atoms with van der Waals surface area (Å²) in [7, 11) is 0. The van der Waals surface area contributed by atoms with E-state index in [1.807, 2.05) is 0 Å². The van der Waals surface area contributed by atoms with Gasteiger partial charge in [0.25, 0.3) is 11.8 Å². The summed E-state index contributed by atoms with van der Waals surface area (Å²) in [5.41, 5.74) is -3.83. The number of carbonyl (C=O) groups is 5. The lowest BCUT2D eigenvalue weighted by molar-refractivity contribution is 0.0681. The summed E-state index contributed by atoms with van der Waals surface area (Å²) in [6.45, 7) is 0. The highest BCUT2D eigenvalue weighted by atomic mass is 16.4. The van der Waals surface area contributed by atoms with Crippen LogP contribution in [-0.2, 0) is 0 Å². The van der Waals surface area contributed by atoms with Crippen LogP contribution >= 0.6 is 0 Å². The van der Waals surface area contributed by atoms with E-state index in [2.05, 4.69) is 10.6 Å². The van der Waals surface area contributed by atoms with Gasteiger partial charge in [-0.3, -0.25) is 9.59 Å². The Labute approximate surface area is 205 Å². The molecule has 0 atom stereocenters. The molecule has 0 aliphatic heterocycles. The third kappa shape index (κ3) is 5.48. The Morgan fingerprint density at radius 1 is 0.486 bits per heavy atom. The predicted octanol–water partition coefficient (Wildman–Crippen LogP) is 2.11. The second kappa shape index (κ2) is 9.83. The van der Waals surface area contributed by atoms with Gasteiger partial charge in [-0.25, -0.2) is 14.4 Å². The minimum Gasteiger partial charge on any atom is -0.508 e. The topological polar surface area (TPSA) is 251 Å². The molecule has 0 saturated heterocycles. The summed E-state index contributed by atoms with van der Waals surface area (Å²) in [6, 6.07) is 5.93. The monoisotopic (exact) mass is 512 g/mol. The number of hydrogen-bond donors (Lipinski definition) is 9. The lowest BCUT2D eigenvalue weighted by atomic mass is 10.1. The van der Waals surface area contributed by atoms with Crippen LogP contribution in [0, 0.1) is 0 Å². The maximum atomic E-state index is 12.7. The Morgan fingerprint density at radius 2 is 0.838 bits per heavy atom. The first-order chi connectivity index (χ1) is 17.3. The fourth-order valence-electron chi connectivity index (χ4n) is 3.20. The largest absolute Gasteiger partial charge is 0.508 e. The number of phenolic OH excluding ortho intramolecular Hbond substituents is 2. The van der Waals surface area contributed by atoms with E-state index in [9.17, 15) is 49.5 Å². The van der Waals surface area contributed by atoms with Crippen LogP contribution in [0.25, 0.3) is 0 Å². The summed E-state index contributed by atoms with van der Waals surface area (Å²) >= 11 is 0. The summed E-state index contributed by atoms with van der Waals surface area (Å²) in [6.07, 6.45) is 0. The van der Waals surface area contributed by atoms with E-state index >= 15 is 0 Å². The van der Waals surface area contributed by atoms with E-state index < -0.39 is 80.5 Å². The van der Waals surface area contributed by atoms with Crippen LogP contribution in [0.1, 0.15) is 51.8 Å². The molecular formula is C23H16N2O12. The fourth-order valence-corrected chi connectivity index (χ4v) is 3.20. The van der Waals surface area contributed by atoms with Crippen molar-refractivity contribution in [2.75, 3.05) is 10.6 Å². The molecule has 0 unspecified atom stereocenters. The molecular weight excluding hydrogens is 496 g/mol. The van der Waals surface area contributed by atoms with Crippen molar-refractivity contribution in [2.45, 2.75) is 0 Å². The first-order valence-electron chi connectivity index (χ1n) is 9.88. The zero-order valence-corrected chi connectivity index (χ0v) is 18.2. The Hall–Kier alpha value is -5.79. The number of benzene rings is 3. The molecule has 3 rings (SSSR count). The summed E-state index contributed by atoms with van der Waals surface area (Å²) in [5.74, 6) is -10.3. The number of amides is 2. The van der Waals surface area contributed by atoms with Crippen molar-refractivity contribution in [3.63, 3.8) is 0 Å². The van der Waals surface area contributed by atoms with E-state index in [-0.39, 0.29) is 11.4 Å². The molecule has 0 aliphatic carbocycles. The molecule has 0 spiro atoms. The molecule has 0 heterocycles. The second-order valence-corrected chi connectivity index (χ2v) is 7.40. The van der Waals surface area contributed by atoms with Crippen LogP contribution in [0.3, 0.4) is 0 Å². The van der Waals surface area contributed by atoms with Crippen LogP contribution in [0.5, 0.6) is 23.0 Å². The zero-order chi connectivity index (χ0) is 27.6. The number of phenols is 4. The van der Waals surface area contributed by atoms with Gasteiger partial charge < -0.3 is 46.4 Å². The van der Waals surface area contributed by atoms with Gasteiger partial charge in [0, 0.05) is 11.4 Å². The van der Waals surface area contributed by atoms with Crippen LogP contribution in [-0.4, -0.2) is 65.5 Å². The minimum atomic E-state index is -1.64. The Morgan fingerprint density at radius 3 is 1.16 bits per heavy atom. The maximum Gasteiger partial charge on any atom is 0.339 e. The van der Waals surface area contributed by atoms with Gasteiger partial charge in [-0.1, -0.05) is 0 Å². The molecule has 0 saturated carbocycles. The molecule has 0 bridgehead atoms. The Bertz CT molecular complexity index is 1390. The highest BCUT2D eigenvalue weighted by Crippen LogP contribution is 2.31. The number of aromatic hydroxyl groups is 4. The summed E-state index contributed by atoms with van der Waals surface area (Å²) in [4.78, 5) is 59.3. The van der Waals surface area contributed by atoms with Crippen molar-refractivity contribution < 1.29 is 59.7 Å². The number of carboxylic acid groups (broad SMARTS) is 3. The van der Waals surface area contributed by atoms with Crippen LogP contribution in [0.2, 0.25) is 0 Å². The smallest absolute Gasteiger partial charge is 0.339 e. The molecule has 14 heteroatoms. The van der Waals surface area contributed by atoms with Gasteiger partial charge in [0.2, 0.25) is 0 Å². The second-order valence-electron chi connectivity index (χ2n) is 7.40. The van der Waals surface area contributed by atoms with E-state index in [1.165, 1.54) is 0 Å². The lowest BCUT2D eigenvalue weighted by Gasteiger charge is -2.13. The third-order valence-electron chi connectivity index (χ3n) is 4.84. The quantitative estimate of drug-likeness (QED) is 0.206. The van der Waals surface area contributed by atoms with Crippen LogP contribution in [0.15, 0.2) is 42.5 Å². The predicted molar refractivity (Wildman–Crippen MR) is 123 cm³/mol. The average molecular weight is 512 g/mol. The summed E-state index contributed by atoms with van der Waals surface area (Å²) < 4.78 is 0. The van der Waals surface area contributed by atoms with Crippen molar-refractivity contribution in [3.05, 3.63) is 70.3 Å². The first kappa shape index (κ1) is 25.8. The number of rotatable bonds is 7. The standard InChI is InChI=1S/C23H16N2O12/c26-11-4-13(17(28)15(6-11)22(34)35)19(30)24-9-1-8(21(32)33)2-10(3-9)25-20(31)14-5-12(27)7-16(18(14)29)23(36)37/h1-7,26-29H,(H,24,30)(H,25,31)(H,32,33)(H,34,35)(H,36,37). The fraction of sp³-hybridized carbons (Fsp3) is 0. The Balaban J connectivity index is 1.98. The first-order valence-corrected chi connectivity index (χ1v) is 9.88. The number of carboxylic acids is 3.